The molecule has 0 bridgehead atoms. The number of primary amides is 1. The SMILES string of the molecule is Cc1nn(Cc2cccc(Cl)c2)cc1C(=O)N1CCCC1C(N)=O. The largest absolute Gasteiger partial charge is 0.368 e. The molecule has 0 spiro atoms. The zero-order chi connectivity index (χ0) is 17.3. The normalized spacial score (nSPS) is 17.2. The average Bonchev–Trinajstić information content (AvgIpc) is 3.13. The quantitative estimate of drug-likeness (QED) is 0.919. The molecule has 0 saturated carbocycles. The van der Waals surface area contributed by atoms with Crippen molar-refractivity contribution in [2.24, 2.45) is 5.73 Å². The molecule has 1 aromatic heterocycles. The lowest BCUT2D eigenvalue weighted by atomic mass is 10.2. The van der Waals surface area contributed by atoms with E-state index in [0.29, 0.717) is 35.8 Å². The zero-order valence-electron chi connectivity index (χ0n) is 13.4. The molecule has 2 heterocycles. The van der Waals surface area contributed by atoms with Gasteiger partial charge >= 0.3 is 0 Å². The summed E-state index contributed by atoms with van der Waals surface area (Å²) < 4.78 is 1.71. The molecule has 3 rings (SSSR count). The lowest BCUT2D eigenvalue weighted by Gasteiger charge is -2.21. The molecule has 2 amide bonds. The molecule has 1 saturated heterocycles. The summed E-state index contributed by atoms with van der Waals surface area (Å²) in [5.41, 5.74) is 7.54. The van der Waals surface area contributed by atoms with Crippen molar-refractivity contribution < 1.29 is 9.59 Å². The van der Waals surface area contributed by atoms with Gasteiger partial charge in [0.1, 0.15) is 6.04 Å². The van der Waals surface area contributed by atoms with Crippen LogP contribution in [-0.4, -0.2) is 39.1 Å². The van der Waals surface area contributed by atoms with Crippen LogP contribution in [0.25, 0.3) is 0 Å². The number of aromatic nitrogens is 2. The van der Waals surface area contributed by atoms with Crippen LogP contribution in [-0.2, 0) is 11.3 Å². The minimum atomic E-state index is -0.520. The van der Waals surface area contributed by atoms with Crippen LogP contribution in [0.3, 0.4) is 0 Å². The minimum absolute atomic E-state index is 0.189. The fraction of sp³-hybridized carbons (Fsp3) is 0.353. The van der Waals surface area contributed by atoms with E-state index >= 15 is 0 Å². The van der Waals surface area contributed by atoms with Crippen molar-refractivity contribution in [2.45, 2.75) is 32.4 Å². The summed E-state index contributed by atoms with van der Waals surface area (Å²) in [6.45, 7) is 2.86. The number of nitrogens with two attached hydrogens (primary N) is 1. The van der Waals surface area contributed by atoms with Crippen LogP contribution >= 0.6 is 11.6 Å². The van der Waals surface area contributed by atoms with E-state index in [-0.39, 0.29) is 5.91 Å². The van der Waals surface area contributed by atoms with Gasteiger partial charge in [0.25, 0.3) is 5.91 Å². The zero-order valence-corrected chi connectivity index (χ0v) is 14.2. The van der Waals surface area contributed by atoms with Gasteiger partial charge in [-0.15, -0.1) is 0 Å². The summed E-state index contributed by atoms with van der Waals surface area (Å²) in [5, 5.41) is 5.07. The van der Waals surface area contributed by atoms with Gasteiger partial charge in [-0.3, -0.25) is 14.3 Å². The van der Waals surface area contributed by atoms with Crippen molar-refractivity contribution in [1.82, 2.24) is 14.7 Å². The smallest absolute Gasteiger partial charge is 0.258 e. The van der Waals surface area contributed by atoms with Crippen molar-refractivity contribution in [3.05, 3.63) is 52.3 Å². The molecule has 1 aliphatic rings. The standard InChI is InChI=1S/C17H19ClN4O2/c1-11-14(17(24)22-7-3-6-15(22)16(19)23)10-21(20-11)9-12-4-2-5-13(18)8-12/h2,4-5,8,10,15H,3,6-7,9H2,1H3,(H2,19,23). The molecule has 2 aromatic rings. The number of carbonyl (C=O) groups is 2. The van der Waals surface area contributed by atoms with Gasteiger partial charge in [0.05, 0.1) is 17.8 Å². The van der Waals surface area contributed by atoms with Crippen LogP contribution in [0.15, 0.2) is 30.5 Å². The molecular weight excluding hydrogens is 328 g/mol. The van der Waals surface area contributed by atoms with E-state index in [0.717, 1.165) is 12.0 Å². The monoisotopic (exact) mass is 346 g/mol. The Hall–Kier alpha value is -2.34. The maximum absolute atomic E-state index is 12.7. The van der Waals surface area contributed by atoms with Gasteiger partial charge in [0.2, 0.25) is 5.91 Å². The Bertz CT molecular complexity index is 787. The number of amides is 2. The average molecular weight is 347 g/mol. The van der Waals surface area contributed by atoms with Gasteiger partial charge in [0.15, 0.2) is 0 Å². The number of benzene rings is 1. The Labute approximate surface area is 145 Å². The predicted molar refractivity (Wildman–Crippen MR) is 90.8 cm³/mol. The summed E-state index contributed by atoms with van der Waals surface area (Å²) in [7, 11) is 0. The lowest BCUT2D eigenvalue weighted by molar-refractivity contribution is -0.121. The van der Waals surface area contributed by atoms with Crippen molar-refractivity contribution in [2.75, 3.05) is 6.54 Å². The third kappa shape index (κ3) is 3.28. The molecule has 1 unspecified atom stereocenters. The molecule has 2 N–H and O–H groups in total. The first-order chi connectivity index (χ1) is 11.5. The summed E-state index contributed by atoms with van der Waals surface area (Å²) >= 11 is 6.00. The van der Waals surface area contributed by atoms with E-state index in [2.05, 4.69) is 5.10 Å². The minimum Gasteiger partial charge on any atom is -0.368 e. The van der Waals surface area contributed by atoms with E-state index < -0.39 is 11.9 Å². The van der Waals surface area contributed by atoms with Crippen LogP contribution < -0.4 is 5.73 Å². The summed E-state index contributed by atoms with van der Waals surface area (Å²) in [4.78, 5) is 25.8. The Morgan fingerprint density at radius 3 is 2.92 bits per heavy atom. The molecule has 1 aliphatic heterocycles. The maximum atomic E-state index is 12.7. The van der Waals surface area contributed by atoms with E-state index in [1.54, 1.807) is 22.7 Å². The highest BCUT2D eigenvalue weighted by atomic mass is 35.5. The molecular formula is C17H19ClN4O2. The van der Waals surface area contributed by atoms with E-state index in [4.69, 9.17) is 17.3 Å². The molecule has 6 nitrogen and oxygen atoms in total. The predicted octanol–water partition coefficient (Wildman–Crippen LogP) is 1.98. The van der Waals surface area contributed by atoms with E-state index in [1.807, 2.05) is 24.3 Å². The fourth-order valence-electron chi connectivity index (χ4n) is 3.09. The number of carbonyl (C=O) groups excluding carboxylic acids is 2. The van der Waals surface area contributed by atoms with Crippen LogP contribution in [0.1, 0.15) is 34.5 Å². The highest BCUT2D eigenvalue weighted by Crippen LogP contribution is 2.21. The van der Waals surface area contributed by atoms with Crippen molar-refractivity contribution in [3.63, 3.8) is 0 Å². The second-order valence-electron chi connectivity index (χ2n) is 6.01. The van der Waals surface area contributed by atoms with Crippen LogP contribution in [0.5, 0.6) is 0 Å². The van der Waals surface area contributed by atoms with Gasteiger partial charge in [-0.1, -0.05) is 23.7 Å². The lowest BCUT2D eigenvalue weighted by Crippen LogP contribution is -2.43. The number of aryl methyl sites for hydroxylation is 1. The number of rotatable bonds is 4. The number of likely N-dealkylation sites (tertiary alicyclic amines) is 1. The van der Waals surface area contributed by atoms with Gasteiger partial charge in [-0.25, -0.2) is 0 Å². The highest BCUT2D eigenvalue weighted by Gasteiger charge is 2.34. The molecule has 1 atom stereocenters. The number of hydrogen-bond donors (Lipinski definition) is 1. The first-order valence-corrected chi connectivity index (χ1v) is 8.22. The summed E-state index contributed by atoms with van der Waals surface area (Å²) in [6.07, 6.45) is 3.13. The van der Waals surface area contributed by atoms with Gasteiger partial charge in [0, 0.05) is 17.8 Å². The van der Waals surface area contributed by atoms with Crippen LogP contribution in [0, 0.1) is 6.92 Å². The third-order valence-corrected chi connectivity index (χ3v) is 4.49. The highest BCUT2D eigenvalue weighted by molar-refractivity contribution is 6.30. The maximum Gasteiger partial charge on any atom is 0.258 e. The first kappa shape index (κ1) is 16.5. The summed E-state index contributed by atoms with van der Waals surface area (Å²) in [5.74, 6) is -0.643. The Balaban J connectivity index is 1.81. The second kappa shape index (κ2) is 6.65. The molecule has 0 radical (unpaired) electrons. The fourth-order valence-corrected chi connectivity index (χ4v) is 3.30. The molecule has 1 aromatic carbocycles. The molecule has 0 aliphatic carbocycles. The van der Waals surface area contributed by atoms with Crippen LogP contribution in [0.2, 0.25) is 5.02 Å². The van der Waals surface area contributed by atoms with Crippen LogP contribution in [0.4, 0.5) is 0 Å². The van der Waals surface area contributed by atoms with Gasteiger partial charge < -0.3 is 10.6 Å². The Morgan fingerprint density at radius 2 is 2.21 bits per heavy atom. The number of halogens is 1. The second-order valence-corrected chi connectivity index (χ2v) is 6.45. The molecule has 126 valence electrons. The molecule has 24 heavy (non-hydrogen) atoms. The first-order valence-electron chi connectivity index (χ1n) is 7.84. The van der Waals surface area contributed by atoms with Crippen molar-refractivity contribution in [3.8, 4) is 0 Å². The topological polar surface area (TPSA) is 81.2 Å². The van der Waals surface area contributed by atoms with Crippen molar-refractivity contribution in [1.29, 1.82) is 0 Å². The van der Waals surface area contributed by atoms with E-state index in [1.165, 1.54) is 0 Å². The number of hydrogen-bond acceptors (Lipinski definition) is 3. The van der Waals surface area contributed by atoms with Gasteiger partial charge in [-0.05, 0) is 37.5 Å². The van der Waals surface area contributed by atoms with Crippen molar-refractivity contribution >= 4 is 23.4 Å². The Kier molecular flexibility index (Phi) is 4.57. The number of nitrogens with zero attached hydrogens (tertiary/aromatic N) is 3. The summed E-state index contributed by atoms with van der Waals surface area (Å²) in [6, 6.07) is 6.98. The Morgan fingerprint density at radius 1 is 1.42 bits per heavy atom. The van der Waals surface area contributed by atoms with E-state index in [9.17, 15) is 9.59 Å². The molecule has 1 fully saturated rings. The third-order valence-electron chi connectivity index (χ3n) is 4.25. The molecule has 7 heteroatoms. The van der Waals surface area contributed by atoms with Gasteiger partial charge in [-0.2, -0.15) is 5.10 Å².